The molecule has 0 spiro atoms. The fourth-order valence-corrected chi connectivity index (χ4v) is 2.79. The number of fused-ring (bicyclic) bond motifs is 1. The Morgan fingerprint density at radius 1 is 1.44 bits per heavy atom. The van der Waals surface area contributed by atoms with Gasteiger partial charge in [0.05, 0.1) is 5.02 Å². The first-order valence-electron chi connectivity index (χ1n) is 6.32. The molecule has 96 valence electrons. The molecule has 0 radical (unpaired) electrons. The number of furan rings is 1. The molecule has 1 aliphatic heterocycles. The van der Waals surface area contributed by atoms with Crippen molar-refractivity contribution in [3.63, 3.8) is 0 Å². The van der Waals surface area contributed by atoms with Gasteiger partial charge >= 0.3 is 0 Å². The van der Waals surface area contributed by atoms with E-state index in [4.69, 9.17) is 16.0 Å². The summed E-state index contributed by atoms with van der Waals surface area (Å²) in [5.74, 6) is 0.838. The van der Waals surface area contributed by atoms with Gasteiger partial charge in [0.25, 0.3) is 0 Å². The second-order valence-corrected chi connectivity index (χ2v) is 5.27. The summed E-state index contributed by atoms with van der Waals surface area (Å²) in [7, 11) is 0. The molecule has 3 nitrogen and oxygen atoms in total. The molecular weight excluding hydrogens is 250 g/mol. The summed E-state index contributed by atoms with van der Waals surface area (Å²) < 4.78 is 5.70. The lowest BCUT2D eigenvalue weighted by Crippen LogP contribution is -2.33. The average Bonchev–Trinajstić information content (AvgIpc) is 2.84. The van der Waals surface area contributed by atoms with Crippen molar-refractivity contribution in [1.82, 2.24) is 5.32 Å². The van der Waals surface area contributed by atoms with Gasteiger partial charge in [-0.05, 0) is 31.5 Å². The van der Waals surface area contributed by atoms with E-state index in [0.717, 1.165) is 31.3 Å². The van der Waals surface area contributed by atoms with Crippen LogP contribution in [0.3, 0.4) is 0 Å². The highest BCUT2D eigenvalue weighted by Gasteiger charge is 2.25. The van der Waals surface area contributed by atoms with Crippen molar-refractivity contribution in [2.45, 2.75) is 18.9 Å². The molecule has 2 heterocycles. The summed E-state index contributed by atoms with van der Waals surface area (Å²) in [6.45, 7) is 1.88. The number of para-hydroxylation sites is 1. The minimum atomic E-state index is -0.554. The van der Waals surface area contributed by atoms with Crippen LogP contribution >= 0.6 is 11.6 Å². The van der Waals surface area contributed by atoms with Crippen molar-refractivity contribution in [2.75, 3.05) is 13.1 Å². The van der Waals surface area contributed by atoms with Crippen molar-refractivity contribution < 1.29 is 9.52 Å². The lowest BCUT2D eigenvalue weighted by atomic mass is 9.92. The molecule has 0 aliphatic carbocycles. The normalized spacial score (nSPS) is 22.2. The van der Waals surface area contributed by atoms with Crippen molar-refractivity contribution in [3.8, 4) is 0 Å². The minimum Gasteiger partial charge on any atom is -0.457 e. The average molecular weight is 266 g/mol. The molecule has 2 unspecified atom stereocenters. The van der Waals surface area contributed by atoms with Crippen LogP contribution < -0.4 is 5.32 Å². The van der Waals surface area contributed by atoms with Crippen LogP contribution in [0.2, 0.25) is 5.02 Å². The molecular formula is C14H16ClNO2. The maximum Gasteiger partial charge on any atom is 0.152 e. The Hall–Kier alpha value is -1.03. The summed E-state index contributed by atoms with van der Waals surface area (Å²) in [6.07, 6.45) is 1.57. The second kappa shape index (κ2) is 4.92. The number of nitrogens with one attached hydrogen (secondary N) is 1. The van der Waals surface area contributed by atoms with Crippen molar-refractivity contribution in [2.24, 2.45) is 5.92 Å². The van der Waals surface area contributed by atoms with Crippen LogP contribution in [0.25, 0.3) is 11.0 Å². The van der Waals surface area contributed by atoms with Gasteiger partial charge in [-0.2, -0.15) is 0 Å². The summed E-state index contributed by atoms with van der Waals surface area (Å²) in [6, 6.07) is 7.52. The zero-order valence-corrected chi connectivity index (χ0v) is 10.8. The zero-order valence-electron chi connectivity index (χ0n) is 10.0. The fraction of sp³-hybridized carbons (Fsp3) is 0.429. The Morgan fingerprint density at radius 2 is 2.33 bits per heavy atom. The first kappa shape index (κ1) is 12.0. The number of hydrogen-bond acceptors (Lipinski definition) is 3. The van der Waals surface area contributed by atoms with Gasteiger partial charge in [0.1, 0.15) is 11.9 Å². The first-order valence-corrected chi connectivity index (χ1v) is 6.70. The van der Waals surface area contributed by atoms with Gasteiger partial charge in [-0.15, -0.1) is 0 Å². The van der Waals surface area contributed by atoms with E-state index in [1.54, 1.807) is 6.07 Å². The third-order valence-electron chi connectivity index (χ3n) is 3.59. The van der Waals surface area contributed by atoms with Crippen LogP contribution in [-0.4, -0.2) is 18.2 Å². The van der Waals surface area contributed by atoms with E-state index in [9.17, 15) is 5.11 Å². The monoisotopic (exact) mass is 265 g/mol. The quantitative estimate of drug-likeness (QED) is 0.877. The summed E-state index contributed by atoms with van der Waals surface area (Å²) in [5, 5.41) is 15.2. The smallest absolute Gasteiger partial charge is 0.152 e. The minimum absolute atomic E-state index is 0.220. The Bertz CT molecular complexity index is 546. The maximum absolute atomic E-state index is 10.4. The summed E-state index contributed by atoms with van der Waals surface area (Å²) in [4.78, 5) is 0. The summed E-state index contributed by atoms with van der Waals surface area (Å²) in [5.41, 5.74) is 0.664. The molecule has 2 atom stereocenters. The molecule has 0 amide bonds. The van der Waals surface area contributed by atoms with Gasteiger partial charge in [0.2, 0.25) is 0 Å². The van der Waals surface area contributed by atoms with Gasteiger partial charge < -0.3 is 14.8 Å². The molecule has 4 heteroatoms. The molecule has 1 aromatic heterocycles. The Kier molecular flexibility index (Phi) is 3.29. The lowest BCUT2D eigenvalue weighted by Gasteiger charge is -2.25. The molecule has 1 aliphatic rings. The Labute approximate surface area is 111 Å². The lowest BCUT2D eigenvalue weighted by molar-refractivity contribution is 0.0735. The van der Waals surface area contributed by atoms with Crippen molar-refractivity contribution >= 4 is 22.6 Å². The maximum atomic E-state index is 10.4. The Balaban J connectivity index is 1.91. The highest BCUT2D eigenvalue weighted by atomic mass is 35.5. The standard InChI is InChI=1S/C14H16ClNO2/c15-11-5-1-3-9-7-12(18-14(9)11)13(17)10-4-2-6-16-8-10/h1,3,5,7,10,13,16-17H,2,4,6,8H2. The highest BCUT2D eigenvalue weighted by Crippen LogP contribution is 2.33. The molecule has 1 aromatic carbocycles. The molecule has 1 fully saturated rings. The molecule has 3 rings (SSSR count). The van der Waals surface area contributed by atoms with Gasteiger partial charge in [-0.1, -0.05) is 23.7 Å². The van der Waals surface area contributed by atoms with Crippen LogP contribution in [0.1, 0.15) is 24.7 Å². The third kappa shape index (κ3) is 2.14. The SMILES string of the molecule is OC(c1cc2cccc(Cl)c2o1)C1CCCNC1. The number of aliphatic hydroxyl groups is 1. The predicted octanol–water partition coefficient (Wildman–Crippen LogP) is 3.12. The number of halogens is 1. The molecule has 0 bridgehead atoms. The second-order valence-electron chi connectivity index (χ2n) is 4.86. The number of hydrogen-bond donors (Lipinski definition) is 2. The third-order valence-corrected chi connectivity index (χ3v) is 3.89. The fourth-order valence-electron chi connectivity index (χ4n) is 2.57. The van der Waals surface area contributed by atoms with Crippen LogP contribution in [0.4, 0.5) is 0 Å². The number of aliphatic hydroxyl groups excluding tert-OH is 1. The van der Waals surface area contributed by atoms with Gasteiger partial charge in [0, 0.05) is 17.8 Å². The van der Waals surface area contributed by atoms with E-state index in [1.165, 1.54) is 0 Å². The molecule has 1 saturated heterocycles. The van der Waals surface area contributed by atoms with E-state index in [-0.39, 0.29) is 5.92 Å². The number of piperidine rings is 1. The molecule has 2 N–H and O–H groups in total. The van der Waals surface area contributed by atoms with E-state index >= 15 is 0 Å². The van der Waals surface area contributed by atoms with Gasteiger partial charge in [-0.3, -0.25) is 0 Å². The number of rotatable bonds is 2. The highest BCUT2D eigenvalue weighted by molar-refractivity contribution is 6.34. The largest absolute Gasteiger partial charge is 0.457 e. The van der Waals surface area contributed by atoms with Gasteiger partial charge in [0.15, 0.2) is 5.58 Å². The molecule has 0 saturated carbocycles. The Morgan fingerprint density at radius 3 is 3.06 bits per heavy atom. The van der Waals surface area contributed by atoms with Crippen molar-refractivity contribution in [3.05, 3.63) is 35.0 Å². The van der Waals surface area contributed by atoms with Gasteiger partial charge in [-0.25, -0.2) is 0 Å². The van der Waals surface area contributed by atoms with Crippen molar-refractivity contribution in [1.29, 1.82) is 0 Å². The van der Waals surface area contributed by atoms with E-state index in [2.05, 4.69) is 5.32 Å². The number of benzene rings is 1. The molecule has 18 heavy (non-hydrogen) atoms. The first-order chi connectivity index (χ1) is 8.75. The van der Waals surface area contributed by atoms with Crippen LogP contribution in [0.5, 0.6) is 0 Å². The van der Waals surface area contributed by atoms with Crippen LogP contribution in [0, 0.1) is 5.92 Å². The predicted molar refractivity (Wildman–Crippen MR) is 71.8 cm³/mol. The van der Waals surface area contributed by atoms with E-state index in [1.807, 2.05) is 18.2 Å². The zero-order chi connectivity index (χ0) is 12.5. The van der Waals surface area contributed by atoms with E-state index in [0.29, 0.717) is 16.4 Å². The molecule has 2 aromatic rings. The summed E-state index contributed by atoms with van der Waals surface area (Å²) >= 11 is 6.07. The van der Waals surface area contributed by atoms with Crippen LogP contribution in [-0.2, 0) is 0 Å². The topological polar surface area (TPSA) is 45.4 Å². The van der Waals surface area contributed by atoms with Crippen LogP contribution in [0.15, 0.2) is 28.7 Å². The van der Waals surface area contributed by atoms with E-state index < -0.39 is 6.10 Å².